The summed E-state index contributed by atoms with van der Waals surface area (Å²) in [5.41, 5.74) is -0.312. The molecule has 1 aromatic heterocycles. The summed E-state index contributed by atoms with van der Waals surface area (Å²) in [6, 6.07) is 10.8. The number of benzene rings is 2. The van der Waals surface area contributed by atoms with Crippen molar-refractivity contribution >= 4 is 0 Å². The van der Waals surface area contributed by atoms with Crippen molar-refractivity contribution in [1.82, 2.24) is 20.2 Å². The van der Waals surface area contributed by atoms with Crippen molar-refractivity contribution in [2.75, 3.05) is 0 Å². The topological polar surface area (TPSA) is 43.6 Å². The van der Waals surface area contributed by atoms with Crippen LogP contribution in [0, 0.1) is 5.82 Å². The molecule has 0 aliphatic carbocycles. The highest BCUT2D eigenvalue weighted by atomic mass is 19.4. The molecule has 4 nitrogen and oxygen atoms in total. The van der Waals surface area contributed by atoms with Crippen molar-refractivity contribution in [3.8, 4) is 11.4 Å². The Morgan fingerprint density at radius 2 is 1.78 bits per heavy atom. The Balaban J connectivity index is 1.89. The predicted molar refractivity (Wildman–Crippen MR) is 73.8 cm³/mol. The van der Waals surface area contributed by atoms with Gasteiger partial charge in [0.25, 0.3) is 0 Å². The largest absolute Gasteiger partial charge is 0.416 e. The molecule has 0 unspecified atom stereocenters. The number of alkyl halides is 3. The van der Waals surface area contributed by atoms with Crippen molar-refractivity contribution in [3.05, 3.63) is 65.5 Å². The normalized spacial score (nSPS) is 11.7. The van der Waals surface area contributed by atoms with Gasteiger partial charge in [-0.25, -0.2) is 4.39 Å². The fourth-order valence-electron chi connectivity index (χ4n) is 2.14. The molecule has 0 bridgehead atoms. The van der Waals surface area contributed by atoms with Crippen LogP contribution in [0.2, 0.25) is 0 Å². The van der Waals surface area contributed by atoms with Crippen LogP contribution in [-0.4, -0.2) is 20.2 Å². The van der Waals surface area contributed by atoms with E-state index in [1.165, 1.54) is 36.4 Å². The molecule has 0 saturated heterocycles. The standard InChI is InChI=1S/C15H10F4N4/c16-12-6-3-5-10(8-12)14-20-22-23(21-14)9-11-4-1-2-7-13(11)15(17,18)19/h1-8H,9H2. The molecule has 3 aromatic rings. The lowest BCUT2D eigenvalue weighted by Gasteiger charge is -2.11. The van der Waals surface area contributed by atoms with Crippen LogP contribution in [0.3, 0.4) is 0 Å². The number of halogens is 4. The monoisotopic (exact) mass is 322 g/mol. The van der Waals surface area contributed by atoms with Gasteiger partial charge in [-0.1, -0.05) is 30.3 Å². The fourth-order valence-corrected chi connectivity index (χ4v) is 2.14. The maximum atomic E-state index is 13.2. The predicted octanol–water partition coefficient (Wildman–Crippen LogP) is 3.55. The molecule has 23 heavy (non-hydrogen) atoms. The van der Waals surface area contributed by atoms with Crippen LogP contribution in [0.1, 0.15) is 11.1 Å². The van der Waals surface area contributed by atoms with E-state index in [2.05, 4.69) is 15.4 Å². The Morgan fingerprint density at radius 3 is 2.52 bits per heavy atom. The molecule has 0 saturated carbocycles. The lowest BCUT2D eigenvalue weighted by molar-refractivity contribution is -0.138. The second kappa shape index (κ2) is 5.79. The Bertz CT molecular complexity index is 826. The average Bonchev–Trinajstić information content (AvgIpc) is 2.95. The second-order valence-electron chi connectivity index (χ2n) is 4.81. The van der Waals surface area contributed by atoms with Crippen LogP contribution >= 0.6 is 0 Å². The molecule has 0 aliphatic heterocycles. The highest BCUT2D eigenvalue weighted by Gasteiger charge is 2.33. The molecular weight excluding hydrogens is 312 g/mol. The number of rotatable bonds is 3. The van der Waals surface area contributed by atoms with Crippen molar-refractivity contribution in [2.45, 2.75) is 12.7 Å². The van der Waals surface area contributed by atoms with E-state index >= 15 is 0 Å². The third-order valence-electron chi connectivity index (χ3n) is 3.17. The zero-order chi connectivity index (χ0) is 16.4. The molecule has 8 heteroatoms. The van der Waals surface area contributed by atoms with Crippen molar-refractivity contribution in [3.63, 3.8) is 0 Å². The van der Waals surface area contributed by atoms with E-state index in [-0.39, 0.29) is 17.9 Å². The third kappa shape index (κ3) is 3.36. The van der Waals surface area contributed by atoms with Gasteiger partial charge < -0.3 is 0 Å². The zero-order valence-corrected chi connectivity index (χ0v) is 11.6. The van der Waals surface area contributed by atoms with Crippen LogP contribution < -0.4 is 0 Å². The first kappa shape index (κ1) is 15.1. The molecule has 0 fully saturated rings. The fraction of sp³-hybridized carbons (Fsp3) is 0.133. The SMILES string of the molecule is Fc1cccc(-c2nnn(Cc3ccccc3C(F)(F)F)n2)c1. The van der Waals surface area contributed by atoms with E-state index in [4.69, 9.17) is 0 Å². The van der Waals surface area contributed by atoms with Crippen molar-refractivity contribution < 1.29 is 17.6 Å². The van der Waals surface area contributed by atoms with E-state index in [0.29, 0.717) is 5.56 Å². The van der Waals surface area contributed by atoms with Gasteiger partial charge in [-0.05, 0) is 29.0 Å². The second-order valence-corrected chi connectivity index (χ2v) is 4.81. The summed E-state index contributed by atoms with van der Waals surface area (Å²) in [6.45, 7) is -0.183. The molecule has 2 aromatic carbocycles. The minimum Gasteiger partial charge on any atom is -0.207 e. The van der Waals surface area contributed by atoms with Crippen LogP contribution in [0.4, 0.5) is 17.6 Å². The van der Waals surface area contributed by atoms with Crippen molar-refractivity contribution in [2.24, 2.45) is 0 Å². The summed E-state index contributed by atoms with van der Waals surface area (Å²) in [6.07, 6.45) is -4.46. The summed E-state index contributed by atoms with van der Waals surface area (Å²) in [4.78, 5) is 1.05. The highest BCUT2D eigenvalue weighted by molar-refractivity contribution is 5.53. The maximum absolute atomic E-state index is 13.2. The van der Waals surface area contributed by atoms with Crippen LogP contribution in [-0.2, 0) is 12.7 Å². The maximum Gasteiger partial charge on any atom is 0.416 e. The Morgan fingerprint density at radius 1 is 1.00 bits per heavy atom. The summed E-state index contributed by atoms with van der Waals surface area (Å²) in [5, 5.41) is 11.5. The zero-order valence-electron chi connectivity index (χ0n) is 11.6. The summed E-state index contributed by atoms with van der Waals surface area (Å²) in [5.74, 6) is -0.310. The molecule has 0 radical (unpaired) electrons. The minimum atomic E-state index is -4.46. The highest BCUT2D eigenvalue weighted by Crippen LogP contribution is 2.32. The molecule has 1 heterocycles. The number of tetrazole rings is 1. The number of aromatic nitrogens is 4. The summed E-state index contributed by atoms with van der Waals surface area (Å²) >= 11 is 0. The van der Waals surface area contributed by atoms with Crippen LogP contribution in [0.25, 0.3) is 11.4 Å². The van der Waals surface area contributed by atoms with Gasteiger partial charge in [-0.15, -0.1) is 10.2 Å². The first-order valence-corrected chi connectivity index (χ1v) is 6.62. The average molecular weight is 322 g/mol. The smallest absolute Gasteiger partial charge is 0.207 e. The van der Waals surface area contributed by atoms with Crippen LogP contribution in [0.15, 0.2) is 48.5 Å². The number of hydrogen-bond acceptors (Lipinski definition) is 3. The minimum absolute atomic E-state index is 0.0307. The van der Waals surface area contributed by atoms with Gasteiger partial charge in [0.05, 0.1) is 12.1 Å². The molecule has 0 spiro atoms. The Hall–Kier alpha value is -2.77. The first-order valence-electron chi connectivity index (χ1n) is 6.62. The lowest BCUT2D eigenvalue weighted by atomic mass is 10.1. The van der Waals surface area contributed by atoms with Gasteiger partial charge in [0.15, 0.2) is 0 Å². The van der Waals surface area contributed by atoms with Crippen LogP contribution in [0.5, 0.6) is 0 Å². The van der Waals surface area contributed by atoms with Gasteiger partial charge in [-0.2, -0.15) is 18.0 Å². The Kier molecular flexibility index (Phi) is 3.81. The van der Waals surface area contributed by atoms with E-state index < -0.39 is 17.6 Å². The molecule has 0 atom stereocenters. The molecule has 0 amide bonds. The van der Waals surface area contributed by atoms with E-state index in [0.717, 1.165) is 10.9 Å². The van der Waals surface area contributed by atoms with Gasteiger partial charge >= 0.3 is 6.18 Å². The lowest BCUT2D eigenvalue weighted by Crippen LogP contribution is -2.13. The van der Waals surface area contributed by atoms with E-state index in [9.17, 15) is 17.6 Å². The molecule has 0 N–H and O–H groups in total. The van der Waals surface area contributed by atoms with Gasteiger partial charge in [0.1, 0.15) is 5.82 Å². The Labute approximate surface area is 128 Å². The molecule has 3 rings (SSSR count). The molecular formula is C15H10F4N4. The quantitative estimate of drug-likeness (QED) is 0.693. The van der Waals surface area contributed by atoms with E-state index in [1.807, 2.05) is 0 Å². The van der Waals surface area contributed by atoms with Crippen molar-refractivity contribution in [1.29, 1.82) is 0 Å². The molecule has 0 aliphatic rings. The van der Waals surface area contributed by atoms with Gasteiger partial charge in [0, 0.05) is 5.56 Å². The number of nitrogens with zero attached hydrogens (tertiary/aromatic N) is 4. The van der Waals surface area contributed by atoms with Gasteiger partial charge in [0.2, 0.25) is 5.82 Å². The molecule has 118 valence electrons. The third-order valence-corrected chi connectivity index (χ3v) is 3.17. The van der Waals surface area contributed by atoms with Gasteiger partial charge in [-0.3, -0.25) is 0 Å². The first-order chi connectivity index (χ1) is 10.9. The number of hydrogen-bond donors (Lipinski definition) is 0. The summed E-state index contributed by atoms with van der Waals surface area (Å²) < 4.78 is 52.1. The van der Waals surface area contributed by atoms with E-state index in [1.54, 1.807) is 6.07 Å². The summed E-state index contributed by atoms with van der Waals surface area (Å²) in [7, 11) is 0.